The Hall–Kier alpha value is -3.76. The minimum absolute atomic E-state index is 0.123. The van der Waals surface area contributed by atoms with E-state index >= 15 is 0 Å². The van der Waals surface area contributed by atoms with Gasteiger partial charge in [-0.2, -0.15) is 18.4 Å². The first kappa shape index (κ1) is 22.9. The Balaban J connectivity index is 1.89. The summed E-state index contributed by atoms with van der Waals surface area (Å²) < 4.78 is 39.3. The van der Waals surface area contributed by atoms with Gasteiger partial charge in [-0.25, -0.2) is 0 Å². The molecule has 1 amide bonds. The highest BCUT2D eigenvalue weighted by Crippen LogP contribution is 2.36. The monoisotopic (exact) mass is 455 g/mol. The first-order valence-electron chi connectivity index (χ1n) is 9.43. The van der Waals surface area contributed by atoms with Gasteiger partial charge in [0.1, 0.15) is 11.6 Å². The molecular formula is C24H17ClF3N3O. The van der Waals surface area contributed by atoms with Crippen molar-refractivity contribution in [3.05, 3.63) is 107 Å². The number of hydrogen-bond acceptors (Lipinski definition) is 3. The third-order valence-corrected chi connectivity index (χ3v) is 4.79. The van der Waals surface area contributed by atoms with Gasteiger partial charge >= 0.3 is 6.18 Å². The van der Waals surface area contributed by atoms with Gasteiger partial charge in [0.15, 0.2) is 0 Å². The summed E-state index contributed by atoms with van der Waals surface area (Å²) in [6.07, 6.45) is -3.30. The second-order valence-electron chi connectivity index (χ2n) is 6.75. The fourth-order valence-corrected chi connectivity index (χ4v) is 3.15. The van der Waals surface area contributed by atoms with E-state index in [0.717, 1.165) is 23.4 Å². The third kappa shape index (κ3) is 5.90. The number of rotatable bonds is 6. The van der Waals surface area contributed by atoms with Crippen LogP contribution >= 0.6 is 11.6 Å². The lowest BCUT2D eigenvalue weighted by Gasteiger charge is -2.21. The van der Waals surface area contributed by atoms with Crippen LogP contribution in [0.1, 0.15) is 11.1 Å². The Morgan fingerprint density at radius 1 is 1.03 bits per heavy atom. The smallest absolute Gasteiger partial charge is 0.342 e. The zero-order valence-corrected chi connectivity index (χ0v) is 17.4. The van der Waals surface area contributed by atoms with Gasteiger partial charge in [0, 0.05) is 24.1 Å². The van der Waals surface area contributed by atoms with Crippen molar-refractivity contribution in [2.75, 3.05) is 10.2 Å². The summed E-state index contributed by atoms with van der Waals surface area (Å²) in [6.45, 7) is 0.377. The van der Waals surface area contributed by atoms with Crippen LogP contribution in [0.15, 0.2) is 90.6 Å². The lowest BCUT2D eigenvalue weighted by molar-refractivity contribution is -0.137. The standard InChI is InChI=1S/C24H17ClF3N3O/c25-22-12-11-19(13-21(22)24(26,27)28)30-23(32)18(14-29)16-31(20-9-5-2-6-10-20)15-17-7-3-1-4-8-17/h1-13,16H,15H2,(H,30,32)/b18-16-. The third-order valence-electron chi connectivity index (χ3n) is 4.46. The van der Waals surface area contributed by atoms with Gasteiger partial charge in [-0.05, 0) is 35.9 Å². The maximum absolute atomic E-state index is 13.1. The first-order valence-corrected chi connectivity index (χ1v) is 9.81. The fourth-order valence-electron chi connectivity index (χ4n) is 2.92. The molecule has 0 aliphatic heterocycles. The molecule has 0 saturated heterocycles. The SMILES string of the molecule is N#C/C(=C/N(Cc1ccccc1)c1ccccc1)C(=O)Nc1ccc(Cl)c(C(F)(F)F)c1. The van der Waals surface area contributed by atoms with Crippen LogP contribution in [-0.2, 0) is 17.5 Å². The van der Waals surface area contributed by atoms with E-state index in [1.807, 2.05) is 66.7 Å². The van der Waals surface area contributed by atoms with E-state index in [1.165, 1.54) is 12.3 Å². The molecule has 0 spiro atoms. The highest BCUT2D eigenvalue weighted by Gasteiger charge is 2.33. The first-order chi connectivity index (χ1) is 15.3. The number of benzene rings is 3. The Morgan fingerprint density at radius 2 is 1.66 bits per heavy atom. The summed E-state index contributed by atoms with van der Waals surface area (Å²) >= 11 is 5.62. The van der Waals surface area contributed by atoms with Crippen molar-refractivity contribution >= 4 is 28.9 Å². The molecule has 4 nitrogen and oxygen atoms in total. The predicted octanol–water partition coefficient (Wildman–Crippen LogP) is 6.41. The van der Waals surface area contributed by atoms with Crippen LogP contribution in [0.2, 0.25) is 5.02 Å². The molecule has 0 aliphatic carbocycles. The van der Waals surface area contributed by atoms with E-state index < -0.39 is 22.7 Å². The number of amides is 1. The van der Waals surface area contributed by atoms with Crippen molar-refractivity contribution in [3.63, 3.8) is 0 Å². The van der Waals surface area contributed by atoms with Crippen LogP contribution in [0.3, 0.4) is 0 Å². The number of halogens is 4. The van der Waals surface area contributed by atoms with Crippen molar-refractivity contribution in [1.29, 1.82) is 5.26 Å². The molecule has 0 unspecified atom stereocenters. The fraction of sp³-hybridized carbons (Fsp3) is 0.0833. The van der Waals surface area contributed by atoms with Crippen molar-refractivity contribution in [3.8, 4) is 6.07 Å². The van der Waals surface area contributed by atoms with Crippen molar-refractivity contribution in [2.24, 2.45) is 0 Å². The number of carbonyl (C=O) groups is 1. The molecule has 8 heteroatoms. The molecule has 0 saturated carbocycles. The molecule has 0 fully saturated rings. The minimum Gasteiger partial charge on any atom is -0.342 e. The summed E-state index contributed by atoms with van der Waals surface area (Å²) in [5.74, 6) is -0.836. The summed E-state index contributed by atoms with van der Waals surface area (Å²) in [5, 5.41) is 11.4. The lowest BCUT2D eigenvalue weighted by Crippen LogP contribution is -2.21. The molecular weight excluding hydrogens is 439 g/mol. The van der Waals surface area contributed by atoms with Crippen molar-refractivity contribution in [1.82, 2.24) is 0 Å². The average molecular weight is 456 g/mol. The van der Waals surface area contributed by atoms with Gasteiger partial charge in [-0.1, -0.05) is 60.1 Å². The molecule has 3 aromatic carbocycles. The second kappa shape index (κ2) is 10.0. The second-order valence-corrected chi connectivity index (χ2v) is 7.16. The molecule has 0 bridgehead atoms. The molecule has 0 atom stereocenters. The zero-order chi connectivity index (χ0) is 23.1. The highest BCUT2D eigenvalue weighted by molar-refractivity contribution is 6.31. The van der Waals surface area contributed by atoms with Gasteiger partial charge in [-0.15, -0.1) is 0 Å². The Kier molecular flexibility index (Phi) is 7.18. The van der Waals surface area contributed by atoms with Crippen LogP contribution in [0.25, 0.3) is 0 Å². The largest absolute Gasteiger partial charge is 0.417 e. The van der Waals surface area contributed by atoms with Gasteiger partial charge in [0.25, 0.3) is 5.91 Å². The van der Waals surface area contributed by atoms with Gasteiger partial charge < -0.3 is 10.2 Å². The topological polar surface area (TPSA) is 56.1 Å². The van der Waals surface area contributed by atoms with Crippen molar-refractivity contribution in [2.45, 2.75) is 12.7 Å². The molecule has 1 N–H and O–H groups in total. The number of alkyl halides is 3. The normalized spacial score (nSPS) is 11.5. The molecule has 0 aromatic heterocycles. The van der Waals surface area contributed by atoms with Gasteiger partial charge in [-0.3, -0.25) is 4.79 Å². The Labute approximate surface area is 188 Å². The number of hydrogen-bond donors (Lipinski definition) is 1. The molecule has 0 heterocycles. The van der Waals surface area contributed by atoms with E-state index in [0.29, 0.717) is 6.54 Å². The van der Waals surface area contributed by atoms with E-state index in [9.17, 15) is 23.2 Å². The van der Waals surface area contributed by atoms with Crippen LogP contribution in [0.4, 0.5) is 24.5 Å². The van der Waals surface area contributed by atoms with E-state index in [4.69, 9.17) is 11.6 Å². The molecule has 3 aromatic rings. The summed E-state index contributed by atoms with van der Waals surface area (Å²) in [4.78, 5) is 14.4. The maximum Gasteiger partial charge on any atom is 0.417 e. The number of nitrogens with one attached hydrogen (secondary N) is 1. The summed E-state index contributed by atoms with van der Waals surface area (Å²) in [7, 11) is 0. The average Bonchev–Trinajstić information content (AvgIpc) is 2.78. The number of nitrogens with zero attached hydrogens (tertiary/aromatic N) is 2. The predicted molar refractivity (Wildman–Crippen MR) is 118 cm³/mol. The van der Waals surface area contributed by atoms with Crippen LogP contribution in [-0.4, -0.2) is 5.91 Å². The van der Waals surface area contributed by atoms with Crippen molar-refractivity contribution < 1.29 is 18.0 Å². The number of anilines is 2. The Bertz CT molecular complexity index is 1160. The highest BCUT2D eigenvalue weighted by atomic mass is 35.5. The number of nitriles is 1. The molecule has 0 radical (unpaired) electrons. The molecule has 162 valence electrons. The van der Waals surface area contributed by atoms with Gasteiger partial charge in [0.2, 0.25) is 0 Å². The Morgan fingerprint density at radius 3 is 2.25 bits per heavy atom. The minimum atomic E-state index is -4.68. The number of carbonyl (C=O) groups excluding carboxylic acids is 1. The van der Waals surface area contributed by atoms with Crippen LogP contribution in [0, 0.1) is 11.3 Å². The van der Waals surface area contributed by atoms with E-state index in [-0.39, 0.29) is 11.3 Å². The van der Waals surface area contributed by atoms with Crippen LogP contribution in [0.5, 0.6) is 0 Å². The van der Waals surface area contributed by atoms with E-state index in [1.54, 1.807) is 4.90 Å². The van der Waals surface area contributed by atoms with Crippen LogP contribution < -0.4 is 10.2 Å². The summed E-state index contributed by atoms with van der Waals surface area (Å²) in [6, 6.07) is 23.4. The van der Waals surface area contributed by atoms with Gasteiger partial charge in [0.05, 0.1) is 10.6 Å². The molecule has 3 rings (SSSR count). The molecule has 32 heavy (non-hydrogen) atoms. The number of para-hydroxylation sites is 1. The van der Waals surface area contributed by atoms with E-state index in [2.05, 4.69) is 5.32 Å². The zero-order valence-electron chi connectivity index (χ0n) is 16.6. The quantitative estimate of drug-likeness (QED) is 0.345. The lowest BCUT2D eigenvalue weighted by atomic mass is 10.1. The summed E-state index contributed by atoms with van der Waals surface area (Å²) in [5.41, 5.74) is 0.213. The molecule has 0 aliphatic rings. The maximum atomic E-state index is 13.1.